The molecule has 0 amide bonds. The maximum Gasteiger partial charge on any atom is 0.416 e. The van der Waals surface area contributed by atoms with Crippen LogP contribution in [0.1, 0.15) is 5.56 Å². The average Bonchev–Trinajstić information content (AvgIpc) is 2.59. The predicted octanol–water partition coefficient (Wildman–Crippen LogP) is 3.73. The molecular formula is C19H17F3N4O. The molecule has 0 unspecified atom stereocenters. The lowest BCUT2D eigenvalue weighted by atomic mass is 10.1. The minimum absolute atomic E-state index is 0.112. The van der Waals surface area contributed by atoms with E-state index in [0.29, 0.717) is 35.7 Å². The molecule has 0 bridgehead atoms. The Kier molecular flexibility index (Phi) is 4.15. The summed E-state index contributed by atoms with van der Waals surface area (Å²) in [6.45, 7) is 1.32. The van der Waals surface area contributed by atoms with Crippen LogP contribution in [-0.4, -0.2) is 36.3 Å². The van der Waals surface area contributed by atoms with Crippen molar-refractivity contribution in [3.63, 3.8) is 0 Å². The number of halogens is 3. The monoisotopic (exact) mass is 374 g/mol. The summed E-state index contributed by atoms with van der Waals surface area (Å²) >= 11 is 0. The Bertz CT molecular complexity index is 1000. The normalized spacial score (nSPS) is 15.2. The zero-order valence-electron chi connectivity index (χ0n) is 14.5. The van der Waals surface area contributed by atoms with Gasteiger partial charge < -0.3 is 15.4 Å². The van der Waals surface area contributed by atoms with Crippen molar-refractivity contribution in [1.82, 2.24) is 9.97 Å². The number of anilines is 2. The molecule has 0 aliphatic carbocycles. The molecule has 1 aliphatic rings. The summed E-state index contributed by atoms with van der Waals surface area (Å²) < 4.78 is 44.5. The third-order valence-corrected chi connectivity index (χ3v) is 4.63. The third kappa shape index (κ3) is 3.28. The third-order valence-electron chi connectivity index (χ3n) is 4.63. The van der Waals surface area contributed by atoms with E-state index in [1.54, 1.807) is 25.3 Å². The molecule has 4 rings (SSSR count). The SMILES string of the molecule is COC1CN(c2nc(-c3cccc(C(F)(F)F)c3)nc3cc(N)ccc23)C1. The van der Waals surface area contributed by atoms with Gasteiger partial charge in [0.1, 0.15) is 5.82 Å². The Labute approximate surface area is 153 Å². The summed E-state index contributed by atoms with van der Waals surface area (Å²) in [7, 11) is 1.65. The lowest BCUT2D eigenvalue weighted by molar-refractivity contribution is -0.137. The lowest BCUT2D eigenvalue weighted by Gasteiger charge is -2.39. The fourth-order valence-electron chi connectivity index (χ4n) is 3.09. The highest BCUT2D eigenvalue weighted by Crippen LogP contribution is 2.34. The molecule has 1 aromatic heterocycles. The molecule has 1 aliphatic heterocycles. The van der Waals surface area contributed by atoms with Crippen LogP contribution in [-0.2, 0) is 10.9 Å². The highest BCUT2D eigenvalue weighted by Gasteiger charge is 2.32. The first-order valence-electron chi connectivity index (χ1n) is 8.38. The van der Waals surface area contributed by atoms with Crippen LogP contribution in [0.5, 0.6) is 0 Å². The van der Waals surface area contributed by atoms with Gasteiger partial charge in [-0.2, -0.15) is 13.2 Å². The average molecular weight is 374 g/mol. The molecule has 27 heavy (non-hydrogen) atoms. The molecule has 0 saturated carbocycles. The standard InChI is InChI=1S/C19H17F3N4O/c1-27-14-9-26(10-14)18-15-6-5-13(23)8-16(15)24-17(25-18)11-3-2-4-12(7-11)19(20,21)22/h2-8,14H,9-10,23H2,1H3. The number of fused-ring (bicyclic) bond motifs is 1. The topological polar surface area (TPSA) is 64.3 Å². The number of hydrogen-bond acceptors (Lipinski definition) is 5. The van der Waals surface area contributed by atoms with Gasteiger partial charge >= 0.3 is 6.18 Å². The van der Waals surface area contributed by atoms with Crippen LogP contribution in [0.2, 0.25) is 0 Å². The fourth-order valence-corrected chi connectivity index (χ4v) is 3.09. The molecule has 0 atom stereocenters. The Morgan fingerprint density at radius 3 is 2.59 bits per heavy atom. The smallest absolute Gasteiger partial charge is 0.399 e. The molecule has 2 N–H and O–H groups in total. The van der Waals surface area contributed by atoms with Gasteiger partial charge in [-0.25, -0.2) is 9.97 Å². The zero-order valence-corrected chi connectivity index (χ0v) is 14.5. The van der Waals surface area contributed by atoms with Gasteiger partial charge in [-0.05, 0) is 30.3 Å². The Balaban J connectivity index is 1.84. The molecule has 2 heterocycles. The number of rotatable bonds is 3. The van der Waals surface area contributed by atoms with Crippen LogP contribution in [0.25, 0.3) is 22.3 Å². The number of methoxy groups -OCH3 is 1. The Morgan fingerprint density at radius 2 is 1.89 bits per heavy atom. The minimum Gasteiger partial charge on any atom is -0.399 e. The van der Waals surface area contributed by atoms with Crippen LogP contribution in [0.3, 0.4) is 0 Å². The first-order valence-corrected chi connectivity index (χ1v) is 8.38. The van der Waals surface area contributed by atoms with Crippen molar-refractivity contribution in [1.29, 1.82) is 0 Å². The Hall–Kier alpha value is -2.87. The predicted molar refractivity (Wildman–Crippen MR) is 97.4 cm³/mol. The molecule has 140 valence electrons. The van der Waals surface area contributed by atoms with E-state index in [9.17, 15) is 13.2 Å². The van der Waals surface area contributed by atoms with Crippen LogP contribution < -0.4 is 10.6 Å². The van der Waals surface area contributed by atoms with E-state index in [0.717, 1.165) is 17.5 Å². The number of hydrogen-bond donors (Lipinski definition) is 1. The number of alkyl halides is 3. The van der Waals surface area contributed by atoms with Gasteiger partial charge in [-0.3, -0.25) is 0 Å². The van der Waals surface area contributed by atoms with Crippen molar-refractivity contribution in [2.75, 3.05) is 30.8 Å². The first-order chi connectivity index (χ1) is 12.8. The maximum atomic E-state index is 13.1. The van der Waals surface area contributed by atoms with E-state index in [4.69, 9.17) is 10.5 Å². The molecule has 2 aromatic carbocycles. The van der Waals surface area contributed by atoms with Crippen molar-refractivity contribution in [2.24, 2.45) is 0 Å². The number of nitrogen functional groups attached to an aromatic ring is 1. The van der Waals surface area contributed by atoms with Gasteiger partial charge in [0.2, 0.25) is 0 Å². The summed E-state index contributed by atoms with van der Waals surface area (Å²) in [5, 5.41) is 0.800. The van der Waals surface area contributed by atoms with E-state index in [-0.39, 0.29) is 11.9 Å². The van der Waals surface area contributed by atoms with Crippen LogP contribution in [0.15, 0.2) is 42.5 Å². The van der Waals surface area contributed by atoms with Crippen molar-refractivity contribution >= 4 is 22.4 Å². The molecule has 0 radical (unpaired) electrons. The molecular weight excluding hydrogens is 357 g/mol. The van der Waals surface area contributed by atoms with Gasteiger partial charge in [0.05, 0.1) is 17.2 Å². The van der Waals surface area contributed by atoms with Gasteiger partial charge in [-0.1, -0.05) is 12.1 Å². The quantitative estimate of drug-likeness (QED) is 0.708. The molecule has 5 nitrogen and oxygen atoms in total. The number of nitrogens with two attached hydrogens (primary N) is 1. The van der Waals surface area contributed by atoms with Gasteiger partial charge in [0.25, 0.3) is 0 Å². The van der Waals surface area contributed by atoms with Gasteiger partial charge in [-0.15, -0.1) is 0 Å². The summed E-state index contributed by atoms with van der Waals surface area (Å²) in [4.78, 5) is 11.0. The van der Waals surface area contributed by atoms with Crippen molar-refractivity contribution in [3.05, 3.63) is 48.0 Å². The van der Waals surface area contributed by atoms with Gasteiger partial charge in [0.15, 0.2) is 5.82 Å². The summed E-state index contributed by atoms with van der Waals surface area (Å²) in [5.41, 5.74) is 6.56. The van der Waals surface area contributed by atoms with Crippen molar-refractivity contribution < 1.29 is 17.9 Å². The van der Waals surface area contributed by atoms with Gasteiger partial charge in [0, 0.05) is 36.8 Å². The van der Waals surface area contributed by atoms with E-state index < -0.39 is 11.7 Å². The number of ether oxygens (including phenoxy) is 1. The summed E-state index contributed by atoms with van der Waals surface area (Å²) in [5.74, 6) is 0.899. The second-order valence-electron chi connectivity index (χ2n) is 6.49. The summed E-state index contributed by atoms with van der Waals surface area (Å²) in [6, 6.07) is 10.3. The van der Waals surface area contributed by atoms with Crippen molar-refractivity contribution in [2.45, 2.75) is 12.3 Å². The van der Waals surface area contributed by atoms with E-state index in [1.807, 2.05) is 11.0 Å². The lowest BCUT2D eigenvalue weighted by Crippen LogP contribution is -2.52. The molecule has 3 aromatic rings. The number of aromatic nitrogens is 2. The number of nitrogens with zero attached hydrogens (tertiary/aromatic N) is 3. The highest BCUT2D eigenvalue weighted by molar-refractivity contribution is 5.93. The van der Waals surface area contributed by atoms with Crippen LogP contribution >= 0.6 is 0 Å². The van der Waals surface area contributed by atoms with E-state index in [1.165, 1.54) is 6.07 Å². The minimum atomic E-state index is -4.43. The highest BCUT2D eigenvalue weighted by atomic mass is 19.4. The molecule has 0 spiro atoms. The molecule has 1 fully saturated rings. The second-order valence-corrected chi connectivity index (χ2v) is 6.49. The fraction of sp³-hybridized carbons (Fsp3) is 0.263. The maximum absolute atomic E-state index is 13.1. The largest absolute Gasteiger partial charge is 0.416 e. The first kappa shape index (κ1) is 17.5. The zero-order chi connectivity index (χ0) is 19.2. The van der Waals surface area contributed by atoms with E-state index >= 15 is 0 Å². The number of benzene rings is 2. The van der Waals surface area contributed by atoms with Crippen LogP contribution in [0.4, 0.5) is 24.7 Å². The Morgan fingerprint density at radius 1 is 1.11 bits per heavy atom. The van der Waals surface area contributed by atoms with E-state index in [2.05, 4.69) is 9.97 Å². The van der Waals surface area contributed by atoms with Crippen LogP contribution in [0, 0.1) is 0 Å². The second kappa shape index (κ2) is 6.38. The molecule has 1 saturated heterocycles. The molecule has 8 heteroatoms. The summed E-state index contributed by atoms with van der Waals surface area (Å²) in [6.07, 6.45) is -4.32. The van der Waals surface area contributed by atoms with Crippen molar-refractivity contribution in [3.8, 4) is 11.4 Å².